The Hall–Kier alpha value is -3.51. The number of amides is 1. The molecule has 1 fully saturated rings. The summed E-state index contributed by atoms with van der Waals surface area (Å²) in [5.74, 6) is -0.0929. The van der Waals surface area contributed by atoms with Gasteiger partial charge in [-0.1, -0.05) is 103 Å². The van der Waals surface area contributed by atoms with Crippen molar-refractivity contribution in [3.05, 3.63) is 108 Å². The molecule has 1 saturated heterocycles. The number of hydrazone groups is 1. The van der Waals surface area contributed by atoms with Crippen LogP contribution in [-0.2, 0) is 11.2 Å². The molecule has 0 bridgehead atoms. The Kier molecular flexibility index (Phi) is 6.47. The molecule has 3 aromatic carbocycles. The van der Waals surface area contributed by atoms with Gasteiger partial charge in [-0.25, -0.2) is 0 Å². The summed E-state index contributed by atoms with van der Waals surface area (Å²) in [6.45, 7) is 0. The highest BCUT2D eigenvalue weighted by Gasteiger charge is 2.38. The minimum absolute atomic E-state index is 0.0929. The smallest absolute Gasteiger partial charge is 0.263 e. The molecule has 148 valence electrons. The Morgan fingerprint density at radius 1 is 0.800 bits per heavy atom. The molecule has 4 rings (SSSR count). The van der Waals surface area contributed by atoms with Gasteiger partial charge in [0.05, 0.1) is 17.7 Å². The highest BCUT2D eigenvalue weighted by molar-refractivity contribution is 8.15. The quantitative estimate of drug-likeness (QED) is 0.439. The van der Waals surface area contributed by atoms with E-state index in [9.17, 15) is 4.79 Å². The minimum atomic E-state index is -0.286. The third-order valence-electron chi connectivity index (χ3n) is 4.45. The molecule has 3 aromatic rings. The molecular weight excluding hydrogens is 392 g/mol. The van der Waals surface area contributed by atoms with Crippen molar-refractivity contribution in [1.82, 2.24) is 5.01 Å². The maximum absolute atomic E-state index is 13.0. The van der Waals surface area contributed by atoms with E-state index < -0.39 is 0 Å². The topological polar surface area (TPSA) is 57.4 Å². The van der Waals surface area contributed by atoms with Crippen molar-refractivity contribution in [2.45, 2.75) is 11.7 Å². The van der Waals surface area contributed by atoms with Crippen LogP contribution >= 0.6 is 11.8 Å². The van der Waals surface area contributed by atoms with E-state index in [-0.39, 0.29) is 11.2 Å². The summed E-state index contributed by atoms with van der Waals surface area (Å²) in [4.78, 5) is 13.0. The fourth-order valence-electron chi connectivity index (χ4n) is 2.94. The summed E-state index contributed by atoms with van der Waals surface area (Å²) in [5.41, 5.74) is 2.95. The van der Waals surface area contributed by atoms with E-state index in [2.05, 4.69) is 15.3 Å². The van der Waals surface area contributed by atoms with Crippen LogP contribution in [0.5, 0.6) is 0 Å². The van der Waals surface area contributed by atoms with Gasteiger partial charge in [0, 0.05) is 0 Å². The number of hydrogen-bond donors (Lipinski definition) is 0. The molecule has 1 atom stereocenters. The van der Waals surface area contributed by atoms with E-state index >= 15 is 0 Å². The van der Waals surface area contributed by atoms with Crippen molar-refractivity contribution >= 4 is 35.3 Å². The van der Waals surface area contributed by atoms with Crippen LogP contribution in [0.2, 0.25) is 0 Å². The highest BCUT2D eigenvalue weighted by atomic mass is 32.2. The standard InChI is InChI=1S/C24H20N4OS/c29-23-22(16-19-10-4-1-5-11-19)30-24(27-25-17-20-12-6-2-7-13-20)28(23)26-18-21-14-8-3-9-15-21/h1-15,17-18,22H,16H2/b25-17-,26-18-,27-24+/t22-/m1/s1. The molecule has 0 spiro atoms. The molecule has 1 heterocycles. The van der Waals surface area contributed by atoms with Crippen molar-refractivity contribution in [3.63, 3.8) is 0 Å². The number of thioether (sulfide) groups is 1. The second-order valence-corrected chi connectivity index (χ2v) is 7.81. The molecule has 5 nitrogen and oxygen atoms in total. The maximum atomic E-state index is 13.0. The monoisotopic (exact) mass is 412 g/mol. The second-order valence-electron chi connectivity index (χ2n) is 6.64. The van der Waals surface area contributed by atoms with Crippen LogP contribution in [0.4, 0.5) is 0 Å². The summed E-state index contributed by atoms with van der Waals surface area (Å²) in [6.07, 6.45) is 3.95. The summed E-state index contributed by atoms with van der Waals surface area (Å²) in [5, 5.41) is 14.4. The first-order valence-corrected chi connectivity index (χ1v) is 10.5. The number of amidine groups is 1. The van der Waals surface area contributed by atoms with Gasteiger partial charge in [-0.3, -0.25) is 4.79 Å². The van der Waals surface area contributed by atoms with Crippen LogP contribution in [0, 0.1) is 0 Å². The predicted octanol–water partition coefficient (Wildman–Crippen LogP) is 4.60. The molecule has 0 unspecified atom stereocenters. The molecule has 0 N–H and O–H groups in total. The van der Waals surface area contributed by atoms with E-state index in [1.165, 1.54) is 16.8 Å². The average Bonchev–Trinajstić information content (AvgIpc) is 3.08. The minimum Gasteiger partial charge on any atom is -0.271 e. The second kappa shape index (κ2) is 9.80. The SMILES string of the molecule is O=C1[C@@H](Cc2ccccc2)S/C(=N/N=C\c2ccccc2)N1/N=C\c1ccccc1. The summed E-state index contributed by atoms with van der Waals surface area (Å²) in [6, 6.07) is 29.3. The zero-order valence-corrected chi connectivity index (χ0v) is 17.0. The Morgan fingerprint density at radius 2 is 1.37 bits per heavy atom. The molecule has 0 aromatic heterocycles. The van der Waals surface area contributed by atoms with Crippen LogP contribution in [0.1, 0.15) is 16.7 Å². The molecule has 1 aliphatic rings. The number of carbonyl (C=O) groups excluding carboxylic acids is 1. The molecule has 1 aliphatic heterocycles. The van der Waals surface area contributed by atoms with Gasteiger partial charge in [0.15, 0.2) is 0 Å². The van der Waals surface area contributed by atoms with Crippen molar-refractivity contribution in [1.29, 1.82) is 0 Å². The Morgan fingerprint density at radius 3 is 2.00 bits per heavy atom. The van der Waals surface area contributed by atoms with E-state index in [0.29, 0.717) is 11.6 Å². The van der Waals surface area contributed by atoms with Gasteiger partial charge in [-0.2, -0.15) is 15.2 Å². The van der Waals surface area contributed by atoms with E-state index in [1.807, 2.05) is 91.0 Å². The van der Waals surface area contributed by atoms with Crippen LogP contribution in [-0.4, -0.2) is 33.8 Å². The lowest BCUT2D eigenvalue weighted by molar-refractivity contribution is -0.126. The first-order chi connectivity index (χ1) is 14.8. The van der Waals surface area contributed by atoms with E-state index in [4.69, 9.17) is 0 Å². The summed E-state index contributed by atoms with van der Waals surface area (Å²) < 4.78 is 0. The van der Waals surface area contributed by atoms with Crippen LogP contribution in [0.3, 0.4) is 0 Å². The van der Waals surface area contributed by atoms with Gasteiger partial charge in [-0.15, -0.1) is 5.10 Å². The number of hydrogen-bond acceptors (Lipinski definition) is 5. The zero-order valence-electron chi connectivity index (χ0n) is 16.2. The van der Waals surface area contributed by atoms with Gasteiger partial charge in [-0.05, 0) is 23.1 Å². The van der Waals surface area contributed by atoms with Gasteiger partial charge in [0.1, 0.15) is 0 Å². The first kappa shape index (κ1) is 19.8. The molecular formula is C24H20N4OS. The van der Waals surface area contributed by atoms with E-state index in [1.54, 1.807) is 12.4 Å². The molecule has 0 aliphatic carbocycles. The largest absolute Gasteiger partial charge is 0.271 e. The molecule has 6 heteroatoms. The fourth-order valence-corrected chi connectivity index (χ4v) is 4.00. The molecule has 0 saturated carbocycles. The molecule has 30 heavy (non-hydrogen) atoms. The maximum Gasteiger partial charge on any atom is 0.263 e. The number of rotatable bonds is 6. The lowest BCUT2D eigenvalue weighted by atomic mass is 10.1. The summed E-state index contributed by atoms with van der Waals surface area (Å²) >= 11 is 1.39. The first-order valence-electron chi connectivity index (χ1n) is 9.59. The van der Waals surface area contributed by atoms with Crippen LogP contribution < -0.4 is 0 Å². The molecule has 1 amide bonds. The lowest BCUT2D eigenvalue weighted by Gasteiger charge is -2.09. The lowest BCUT2D eigenvalue weighted by Crippen LogP contribution is -2.28. The van der Waals surface area contributed by atoms with Crippen molar-refractivity contribution in [2.24, 2.45) is 15.3 Å². The number of carbonyl (C=O) groups is 1. The Bertz CT molecular complexity index is 1070. The van der Waals surface area contributed by atoms with Crippen molar-refractivity contribution < 1.29 is 4.79 Å². The van der Waals surface area contributed by atoms with Gasteiger partial charge >= 0.3 is 0 Å². The zero-order chi connectivity index (χ0) is 20.6. The fraction of sp³-hybridized carbons (Fsp3) is 0.0833. The third kappa shape index (κ3) is 5.10. The Balaban J connectivity index is 1.57. The normalized spacial score (nSPS) is 18.1. The average molecular weight is 413 g/mol. The predicted molar refractivity (Wildman–Crippen MR) is 124 cm³/mol. The van der Waals surface area contributed by atoms with E-state index in [0.717, 1.165) is 16.7 Å². The summed E-state index contributed by atoms with van der Waals surface area (Å²) in [7, 11) is 0. The highest BCUT2D eigenvalue weighted by Crippen LogP contribution is 2.30. The molecule has 0 radical (unpaired) electrons. The Labute approximate surface area is 179 Å². The van der Waals surface area contributed by atoms with Gasteiger partial charge in [0.25, 0.3) is 5.91 Å². The van der Waals surface area contributed by atoms with Crippen LogP contribution in [0.15, 0.2) is 106 Å². The number of benzene rings is 3. The van der Waals surface area contributed by atoms with Gasteiger partial charge in [0.2, 0.25) is 5.17 Å². The van der Waals surface area contributed by atoms with Gasteiger partial charge < -0.3 is 0 Å². The number of nitrogens with zero attached hydrogens (tertiary/aromatic N) is 4. The third-order valence-corrected chi connectivity index (χ3v) is 5.57. The van der Waals surface area contributed by atoms with Crippen molar-refractivity contribution in [3.8, 4) is 0 Å². The van der Waals surface area contributed by atoms with Crippen molar-refractivity contribution in [2.75, 3.05) is 0 Å². The van der Waals surface area contributed by atoms with Crippen LogP contribution in [0.25, 0.3) is 0 Å².